The van der Waals surface area contributed by atoms with E-state index in [1.54, 1.807) is 6.20 Å². The Kier molecular flexibility index (Phi) is 3.99. The van der Waals surface area contributed by atoms with Crippen molar-refractivity contribution in [2.45, 2.75) is 6.92 Å². The molecule has 0 spiro atoms. The summed E-state index contributed by atoms with van der Waals surface area (Å²) in [4.78, 5) is 3.71. The first-order chi connectivity index (χ1) is 6.29. The third kappa shape index (κ3) is 4.28. The quantitative estimate of drug-likeness (QED) is 0.697. The van der Waals surface area contributed by atoms with Crippen LogP contribution in [0.4, 0.5) is 5.13 Å². The molecule has 0 fully saturated rings. The van der Waals surface area contributed by atoms with Gasteiger partial charge in [-0.3, -0.25) is 0 Å². The number of benzene rings is 1. The fraction of sp³-hybridized carbons (Fsp3) is 0.100. The zero-order chi connectivity index (χ0) is 9.52. The Balaban J connectivity index is 0.000000132. The third-order valence-corrected chi connectivity index (χ3v) is 2.00. The van der Waals surface area contributed by atoms with Crippen molar-refractivity contribution in [1.82, 2.24) is 4.98 Å². The normalized spacial score (nSPS) is 8.69. The molecule has 2 N–H and O–H groups in total. The molecule has 1 heterocycles. The maximum absolute atomic E-state index is 5.19. The summed E-state index contributed by atoms with van der Waals surface area (Å²) in [6.07, 6.45) is 1.68. The van der Waals surface area contributed by atoms with Crippen LogP contribution in [-0.4, -0.2) is 4.98 Å². The summed E-state index contributed by atoms with van der Waals surface area (Å²) in [5, 5.41) is 2.48. The number of nitrogens with zero attached hydrogens (tertiary/aromatic N) is 1. The van der Waals surface area contributed by atoms with Crippen LogP contribution < -0.4 is 5.73 Å². The van der Waals surface area contributed by atoms with E-state index >= 15 is 0 Å². The van der Waals surface area contributed by atoms with Crippen LogP contribution in [0.25, 0.3) is 0 Å². The fourth-order valence-corrected chi connectivity index (χ4v) is 1.15. The Morgan fingerprint density at radius 2 is 1.92 bits per heavy atom. The maximum atomic E-state index is 5.19. The van der Waals surface area contributed by atoms with E-state index in [1.165, 1.54) is 16.9 Å². The SMILES string of the molecule is Cc1ccccc1.Nc1nccs1. The van der Waals surface area contributed by atoms with Crippen molar-refractivity contribution < 1.29 is 0 Å². The van der Waals surface area contributed by atoms with Crippen molar-refractivity contribution in [2.24, 2.45) is 0 Å². The Bertz CT molecular complexity index is 316. The van der Waals surface area contributed by atoms with Gasteiger partial charge in [-0.15, -0.1) is 11.3 Å². The summed E-state index contributed by atoms with van der Waals surface area (Å²) >= 11 is 1.44. The van der Waals surface area contributed by atoms with Gasteiger partial charge in [0.15, 0.2) is 5.13 Å². The number of anilines is 1. The maximum Gasteiger partial charge on any atom is 0.179 e. The highest BCUT2D eigenvalue weighted by atomic mass is 32.1. The molecule has 0 radical (unpaired) electrons. The minimum Gasteiger partial charge on any atom is -0.375 e. The lowest BCUT2D eigenvalue weighted by molar-refractivity contribution is 1.43. The number of hydrogen-bond acceptors (Lipinski definition) is 3. The van der Waals surface area contributed by atoms with Crippen molar-refractivity contribution in [3.63, 3.8) is 0 Å². The monoisotopic (exact) mass is 192 g/mol. The molecule has 68 valence electrons. The van der Waals surface area contributed by atoms with Crippen LogP contribution in [0.5, 0.6) is 0 Å². The van der Waals surface area contributed by atoms with E-state index in [0.29, 0.717) is 5.13 Å². The minimum atomic E-state index is 0.634. The first kappa shape index (κ1) is 9.74. The Labute approximate surface area is 82.1 Å². The number of nitrogen functional groups attached to an aromatic ring is 1. The van der Waals surface area contributed by atoms with Crippen LogP contribution in [-0.2, 0) is 0 Å². The van der Waals surface area contributed by atoms with Crippen LogP contribution >= 0.6 is 11.3 Å². The number of aryl methyl sites for hydroxylation is 1. The van der Waals surface area contributed by atoms with Crippen LogP contribution in [0.15, 0.2) is 41.9 Å². The summed E-state index contributed by atoms with van der Waals surface area (Å²) in [6, 6.07) is 10.3. The third-order valence-electron chi connectivity index (χ3n) is 1.39. The summed E-state index contributed by atoms with van der Waals surface area (Å²) in [7, 11) is 0. The van der Waals surface area contributed by atoms with Gasteiger partial charge in [-0.1, -0.05) is 35.9 Å². The number of aromatic nitrogens is 1. The Morgan fingerprint density at radius 1 is 1.23 bits per heavy atom. The fourth-order valence-electron chi connectivity index (χ4n) is 0.769. The summed E-state index contributed by atoms with van der Waals surface area (Å²) in [6.45, 7) is 2.08. The predicted octanol–water partition coefficient (Wildman–Crippen LogP) is 2.72. The van der Waals surface area contributed by atoms with Gasteiger partial charge in [0.1, 0.15) is 0 Å². The summed E-state index contributed by atoms with van der Waals surface area (Å²) in [5.74, 6) is 0. The van der Waals surface area contributed by atoms with E-state index < -0.39 is 0 Å². The molecule has 13 heavy (non-hydrogen) atoms. The largest absolute Gasteiger partial charge is 0.375 e. The van der Waals surface area contributed by atoms with Crippen LogP contribution in [0.1, 0.15) is 5.56 Å². The molecule has 2 rings (SSSR count). The summed E-state index contributed by atoms with van der Waals surface area (Å²) in [5.41, 5.74) is 6.51. The Morgan fingerprint density at radius 3 is 2.15 bits per heavy atom. The highest BCUT2D eigenvalue weighted by Crippen LogP contribution is 2.02. The zero-order valence-electron chi connectivity index (χ0n) is 7.47. The van der Waals surface area contributed by atoms with E-state index in [4.69, 9.17) is 5.73 Å². The van der Waals surface area contributed by atoms with Gasteiger partial charge in [0.25, 0.3) is 0 Å². The van der Waals surface area contributed by atoms with Gasteiger partial charge in [-0.2, -0.15) is 0 Å². The van der Waals surface area contributed by atoms with Crippen molar-refractivity contribution >= 4 is 16.5 Å². The number of rotatable bonds is 0. The first-order valence-electron chi connectivity index (χ1n) is 3.95. The molecule has 0 saturated carbocycles. The number of hydrogen-bond donors (Lipinski definition) is 1. The molecule has 2 nitrogen and oxygen atoms in total. The smallest absolute Gasteiger partial charge is 0.179 e. The molecule has 0 unspecified atom stereocenters. The van der Waals surface area contributed by atoms with E-state index in [0.717, 1.165) is 0 Å². The van der Waals surface area contributed by atoms with Crippen LogP contribution in [0.3, 0.4) is 0 Å². The molecule has 3 heteroatoms. The molecule has 2 aromatic rings. The molecule has 0 aliphatic carbocycles. The lowest BCUT2D eigenvalue weighted by atomic mass is 10.2. The van der Waals surface area contributed by atoms with E-state index in [9.17, 15) is 0 Å². The molecule has 0 bridgehead atoms. The molecule has 0 aliphatic heterocycles. The number of thiazole rings is 1. The van der Waals surface area contributed by atoms with E-state index in [2.05, 4.69) is 24.0 Å². The molecule has 0 atom stereocenters. The van der Waals surface area contributed by atoms with Gasteiger partial charge in [0.2, 0.25) is 0 Å². The van der Waals surface area contributed by atoms with Gasteiger partial charge in [-0.05, 0) is 6.92 Å². The summed E-state index contributed by atoms with van der Waals surface area (Å²) < 4.78 is 0. The highest BCUT2D eigenvalue weighted by molar-refractivity contribution is 7.13. The molecule has 0 amide bonds. The zero-order valence-corrected chi connectivity index (χ0v) is 8.29. The van der Waals surface area contributed by atoms with Gasteiger partial charge in [0.05, 0.1) is 0 Å². The van der Waals surface area contributed by atoms with Crippen LogP contribution in [0.2, 0.25) is 0 Å². The second-order valence-electron chi connectivity index (χ2n) is 2.53. The predicted molar refractivity (Wildman–Crippen MR) is 57.7 cm³/mol. The highest BCUT2D eigenvalue weighted by Gasteiger charge is 1.76. The van der Waals surface area contributed by atoms with Gasteiger partial charge >= 0.3 is 0 Å². The molecule has 1 aromatic heterocycles. The van der Waals surface area contributed by atoms with Crippen molar-refractivity contribution in [3.8, 4) is 0 Å². The second-order valence-corrected chi connectivity index (χ2v) is 3.45. The van der Waals surface area contributed by atoms with Crippen molar-refractivity contribution in [3.05, 3.63) is 47.5 Å². The molecular weight excluding hydrogens is 180 g/mol. The minimum absolute atomic E-state index is 0.634. The molecular formula is C10H12N2S. The van der Waals surface area contributed by atoms with Crippen molar-refractivity contribution in [2.75, 3.05) is 5.73 Å². The van der Waals surface area contributed by atoms with Crippen LogP contribution in [0, 0.1) is 6.92 Å². The Hall–Kier alpha value is -1.35. The average molecular weight is 192 g/mol. The van der Waals surface area contributed by atoms with Gasteiger partial charge in [-0.25, -0.2) is 4.98 Å². The molecule has 0 aliphatic rings. The molecule has 1 aromatic carbocycles. The lowest BCUT2D eigenvalue weighted by Crippen LogP contribution is -1.77. The van der Waals surface area contributed by atoms with Gasteiger partial charge < -0.3 is 5.73 Å². The second kappa shape index (κ2) is 5.32. The first-order valence-corrected chi connectivity index (χ1v) is 4.83. The topological polar surface area (TPSA) is 38.9 Å². The average Bonchev–Trinajstić information content (AvgIpc) is 2.58. The van der Waals surface area contributed by atoms with Crippen molar-refractivity contribution in [1.29, 1.82) is 0 Å². The van der Waals surface area contributed by atoms with E-state index in [-0.39, 0.29) is 0 Å². The standard InChI is InChI=1S/C7H8.C3H4N2S/c1-7-5-3-2-4-6-7;4-3-5-1-2-6-3/h2-6H,1H3;1-2H,(H2,4,5). The van der Waals surface area contributed by atoms with Gasteiger partial charge in [0, 0.05) is 11.6 Å². The number of nitrogens with two attached hydrogens (primary N) is 1. The molecule has 0 saturated heterocycles. The lowest BCUT2D eigenvalue weighted by Gasteiger charge is -1.82. The van der Waals surface area contributed by atoms with E-state index in [1.807, 2.05) is 23.6 Å².